The van der Waals surface area contributed by atoms with Crippen LogP contribution in [0.15, 0.2) is 128 Å². The third kappa shape index (κ3) is 3.60. The Kier molecular flexibility index (Phi) is 5.07. The Bertz CT molecular complexity index is 2150. The standard InChI is InChI=1S/C35H21N5/c1-3-10-22(11-4-1)28-20-29(40-35(39-28)24-12-5-2-6-13-24)33-26-16-8-7-15-25(26)31-27-18-17-23-14-9-19-36-32(23)34(27)37-21-30(31)38-33/h1-21H. The number of nitrogens with zero attached hydrogens (tertiary/aromatic N) is 5. The summed E-state index contributed by atoms with van der Waals surface area (Å²) in [6.07, 6.45) is 3.68. The largest absolute Gasteiger partial charge is 0.254 e. The second kappa shape index (κ2) is 9.03. The minimum atomic E-state index is 0.664. The summed E-state index contributed by atoms with van der Waals surface area (Å²) in [5.41, 5.74) is 7.00. The zero-order valence-electron chi connectivity index (χ0n) is 21.4. The maximum Gasteiger partial charge on any atom is 0.160 e. The fraction of sp³-hybridized carbons (Fsp3) is 0. The maximum atomic E-state index is 5.20. The highest BCUT2D eigenvalue weighted by atomic mass is 14.9. The average Bonchev–Trinajstić information content (AvgIpc) is 3.04. The van der Waals surface area contributed by atoms with Crippen LogP contribution in [0.5, 0.6) is 0 Å². The van der Waals surface area contributed by atoms with Gasteiger partial charge in [-0.05, 0) is 17.5 Å². The van der Waals surface area contributed by atoms with Crippen LogP contribution in [0.25, 0.3) is 77.5 Å². The van der Waals surface area contributed by atoms with Gasteiger partial charge in [0, 0.05) is 38.9 Å². The molecule has 0 aliphatic rings. The van der Waals surface area contributed by atoms with Crippen molar-refractivity contribution in [2.75, 3.05) is 0 Å². The van der Waals surface area contributed by atoms with Crippen LogP contribution in [0, 0.1) is 0 Å². The molecule has 40 heavy (non-hydrogen) atoms. The monoisotopic (exact) mass is 511 g/mol. The van der Waals surface area contributed by atoms with Gasteiger partial charge in [0.1, 0.15) is 0 Å². The van der Waals surface area contributed by atoms with Crippen molar-refractivity contribution in [2.24, 2.45) is 0 Å². The van der Waals surface area contributed by atoms with Crippen molar-refractivity contribution in [3.8, 4) is 34.0 Å². The van der Waals surface area contributed by atoms with Crippen LogP contribution in [-0.2, 0) is 0 Å². The SMILES string of the molecule is c1ccc(-c2cc(-c3nc4cnc5c(ccc6cccnc65)c4c4ccccc34)nc(-c3ccccc3)n2)cc1. The minimum Gasteiger partial charge on any atom is -0.254 e. The topological polar surface area (TPSA) is 64.5 Å². The Morgan fingerprint density at radius 3 is 2.02 bits per heavy atom. The van der Waals surface area contributed by atoms with Crippen LogP contribution in [0.4, 0.5) is 0 Å². The molecule has 0 radical (unpaired) electrons. The van der Waals surface area contributed by atoms with Crippen molar-refractivity contribution in [3.05, 3.63) is 128 Å². The Morgan fingerprint density at radius 2 is 1.20 bits per heavy atom. The van der Waals surface area contributed by atoms with Gasteiger partial charge < -0.3 is 0 Å². The molecular formula is C35H21N5. The second-order valence-corrected chi connectivity index (χ2v) is 9.76. The summed E-state index contributed by atoms with van der Waals surface area (Å²) in [7, 11) is 0. The van der Waals surface area contributed by atoms with Gasteiger partial charge in [0.05, 0.1) is 39.8 Å². The van der Waals surface area contributed by atoms with Gasteiger partial charge in [-0.2, -0.15) is 0 Å². The van der Waals surface area contributed by atoms with E-state index in [1.165, 1.54) is 0 Å². The van der Waals surface area contributed by atoms with Crippen LogP contribution in [0.1, 0.15) is 0 Å². The van der Waals surface area contributed by atoms with Gasteiger partial charge in [-0.1, -0.05) is 103 Å². The van der Waals surface area contributed by atoms with Crippen LogP contribution < -0.4 is 0 Å². The zero-order valence-corrected chi connectivity index (χ0v) is 21.4. The van der Waals surface area contributed by atoms with Crippen LogP contribution >= 0.6 is 0 Å². The summed E-state index contributed by atoms with van der Waals surface area (Å²) in [5.74, 6) is 0.664. The van der Waals surface area contributed by atoms with Crippen molar-refractivity contribution in [1.29, 1.82) is 0 Å². The molecule has 5 heteroatoms. The van der Waals surface area contributed by atoms with Gasteiger partial charge in [-0.25, -0.2) is 15.0 Å². The van der Waals surface area contributed by atoms with E-state index in [1.807, 2.05) is 73.1 Å². The maximum absolute atomic E-state index is 5.20. The lowest BCUT2D eigenvalue weighted by Gasteiger charge is -2.14. The van der Waals surface area contributed by atoms with E-state index in [-0.39, 0.29) is 0 Å². The smallest absolute Gasteiger partial charge is 0.160 e. The summed E-state index contributed by atoms with van der Waals surface area (Å²) in [6, 6.07) is 39.0. The summed E-state index contributed by atoms with van der Waals surface area (Å²) >= 11 is 0. The Morgan fingerprint density at radius 1 is 0.475 bits per heavy atom. The van der Waals surface area contributed by atoms with E-state index in [0.717, 1.165) is 71.7 Å². The van der Waals surface area contributed by atoms with E-state index in [4.69, 9.17) is 19.9 Å². The van der Waals surface area contributed by atoms with Crippen molar-refractivity contribution in [3.63, 3.8) is 0 Å². The van der Waals surface area contributed by atoms with Crippen molar-refractivity contribution in [2.45, 2.75) is 0 Å². The molecule has 0 atom stereocenters. The molecule has 0 bridgehead atoms. The molecule has 0 unspecified atom stereocenters. The quantitative estimate of drug-likeness (QED) is 0.223. The number of benzene rings is 4. The van der Waals surface area contributed by atoms with Crippen molar-refractivity contribution >= 4 is 43.5 Å². The fourth-order valence-corrected chi connectivity index (χ4v) is 5.48. The molecule has 0 aliphatic heterocycles. The number of fused-ring (bicyclic) bond motifs is 7. The molecule has 0 N–H and O–H groups in total. The number of hydrogen-bond acceptors (Lipinski definition) is 5. The van der Waals surface area contributed by atoms with E-state index in [0.29, 0.717) is 5.82 Å². The molecule has 0 amide bonds. The lowest BCUT2D eigenvalue weighted by Crippen LogP contribution is -1.99. The van der Waals surface area contributed by atoms with Crippen LogP contribution in [0.3, 0.4) is 0 Å². The number of hydrogen-bond donors (Lipinski definition) is 0. The highest BCUT2D eigenvalue weighted by Crippen LogP contribution is 2.37. The molecule has 4 heterocycles. The highest BCUT2D eigenvalue weighted by molar-refractivity contribution is 6.23. The second-order valence-electron chi connectivity index (χ2n) is 9.76. The number of rotatable bonds is 3. The van der Waals surface area contributed by atoms with E-state index >= 15 is 0 Å². The molecule has 0 fully saturated rings. The van der Waals surface area contributed by atoms with Gasteiger partial charge >= 0.3 is 0 Å². The minimum absolute atomic E-state index is 0.664. The van der Waals surface area contributed by atoms with Crippen LogP contribution in [0.2, 0.25) is 0 Å². The Hall–Kier alpha value is -5.55. The normalized spacial score (nSPS) is 11.5. The first-order chi connectivity index (χ1) is 19.8. The van der Waals surface area contributed by atoms with E-state index in [1.54, 1.807) is 0 Å². The lowest BCUT2D eigenvalue weighted by atomic mass is 9.98. The molecule has 8 rings (SSSR count). The predicted octanol–water partition coefficient (Wildman–Crippen LogP) is 8.28. The summed E-state index contributed by atoms with van der Waals surface area (Å²) in [6.45, 7) is 0. The predicted molar refractivity (Wildman–Crippen MR) is 162 cm³/mol. The summed E-state index contributed by atoms with van der Waals surface area (Å²) < 4.78 is 0. The van der Waals surface area contributed by atoms with Crippen molar-refractivity contribution < 1.29 is 0 Å². The zero-order chi connectivity index (χ0) is 26.5. The Balaban J connectivity index is 1.45. The molecule has 0 saturated heterocycles. The first-order valence-corrected chi connectivity index (χ1v) is 13.2. The molecule has 5 nitrogen and oxygen atoms in total. The van der Waals surface area contributed by atoms with E-state index < -0.39 is 0 Å². The van der Waals surface area contributed by atoms with Gasteiger partial charge in [0.2, 0.25) is 0 Å². The Labute approximate surface area is 229 Å². The first-order valence-electron chi connectivity index (χ1n) is 13.2. The molecule has 0 aliphatic carbocycles. The van der Waals surface area contributed by atoms with E-state index in [2.05, 4.69) is 59.6 Å². The lowest BCUT2D eigenvalue weighted by molar-refractivity contribution is 1.17. The third-order valence-corrected chi connectivity index (χ3v) is 7.34. The summed E-state index contributed by atoms with van der Waals surface area (Å²) in [5, 5.41) is 5.30. The number of pyridine rings is 3. The summed E-state index contributed by atoms with van der Waals surface area (Å²) in [4.78, 5) is 24.7. The number of aromatic nitrogens is 5. The molecule has 186 valence electrons. The highest BCUT2D eigenvalue weighted by Gasteiger charge is 2.17. The average molecular weight is 512 g/mol. The molecule has 0 saturated carbocycles. The van der Waals surface area contributed by atoms with Gasteiger partial charge in [0.15, 0.2) is 5.82 Å². The van der Waals surface area contributed by atoms with E-state index in [9.17, 15) is 0 Å². The molecule has 4 aromatic carbocycles. The molecular weight excluding hydrogens is 490 g/mol. The third-order valence-electron chi connectivity index (χ3n) is 7.34. The fourth-order valence-electron chi connectivity index (χ4n) is 5.48. The van der Waals surface area contributed by atoms with Crippen LogP contribution in [-0.4, -0.2) is 24.9 Å². The van der Waals surface area contributed by atoms with Gasteiger partial charge in [-0.3, -0.25) is 9.97 Å². The first kappa shape index (κ1) is 22.4. The van der Waals surface area contributed by atoms with Gasteiger partial charge in [0.25, 0.3) is 0 Å². The van der Waals surface area contributed by atoms with Crippen molar-refractivity contribution in [1.82, 2.24) is 24.9 Å². The molecule has 8 aromatic rings. The van der Waals surface area contributed by atoms with Gasteiger partial charge in [-0.15, -0.1) is 0 Å². The molecule has 0 spiro atoms. The molecule has 4 aromatic heterocycles.